The van der Waals surface area contributed by atoms with E-state index in [0.717, 1.165) is 12.1 Å². The Kier molecular flexibility index (Phi) is 3.79. The van der Waals surface area contributed by atoms with E-state index in [9.17, 15) is 9.59 Å². The van der Waals surface area contributed by atoms with Crippen LogP contribution in [0.2, 0.25) is 0 Å². The molecule has 2 aromatic rings. The molecule has 0 aromatic carbocycles. The average Bonchev–Trinajstić information content (AvgIpc) is 2.97. The molecule has 6 heteroatoms. The van der Waals surface area contributed by atoms with E-state index in [4.69, 9.17) is 4.42 Å². The molecular weight excluding hydrogens is 288 g/mol. The Bertz CT molecular complexity index is 657. The molecule has 1 fully saturated rings. The first-order valence-corrected chi connectivity index (χ1v) is 7.68. The Labute approximate surface area is 126 Å². The van der Waals surface area contributed by atoms with E-state index in [1.54, 1.807) is 18.2 Å². The highest BCUT2D eigenvalue weighted by Gasteiger charge is 2.23. The van der Waals surface area contributed by atoms with Crippen molar-refractivity contribution in [1.29, 1.82) is 0 Å². The monoisotopic (exact) mass is 304 g/mol. The lowest BCUT2D eigenvalue weighted by molar-refractivity contribution is 0.0954. The highest BCUT2D eigenvalue weighted by molar-refractivity contribution is 7.18. The molecule has 0 unspecified atom stereocenters. The number of furan rings is 1. The van der Waals surface area contributed by atoms with Crippen LogP contribution in [0, 0.1) is 12.8 Å². The van der Waals surface area contributed by atoms with Crippen LogP contribution in [0.3, 0.4) is 0 Å². The molecule has 5 nitrogen and oxygen atoms in total. The van der Waals surface area contributed by atoms with Crippen LogP contribution in [0.5, 0.6) is 0 Å². The summed E-state index contributed by atoms with van der Waals surface area (Å²) in [5.74, 6) is 0.516. The Morgan fingerprint density at radius 3 is 2.86 bits per heavy atom. The maximum atomic E-state index is 12.1. The fourth-order valence-electron chi connectivity index (χ4n) is 1.99. The highest BCUT2D eigenvalue weighted by atomic mass is 32.1. The standard InChI is InChI=1S/C15H16N2O3S/c1-9-7-12(17-14(18)11-3-2-6-20-11)21-13(9)15(19)16-8-10-4-5-10/h2-3,6-7,10H,4-5,8H2,1H3,(H,16,19)(H,17,18). The number of carbonyl (C=O) groups is 2. The van der Waals surface area contributed by atoms with Crippen LogP contribution in [0.1, 0.15) is 38.6 Å². The molecule has 1 aliphatic carbocycles. The van der Waals surface area contributed by atoms with E-state index in [1.807, 2.05) is 6.92 Å². The largest absolute Gasteiger partial charge is 0.459 e. The second-order valence-corrected chi connectivity index (χ2v) is 6.26. The fourth-order valence-corrected chi connectivity index (χ4v) is 2.97. The van der Waals surface area contributed by atoms with Gasteiger partial charge in [-0.05, 0) is 49.4 Å². The second-order valence-electron chi connectivity index (χ2n) is 5.21. The van der Waals surface area contributed by atoms with Crippen molar-refractivity contribution >= 4 is 28.2 Å². The van der Waals surface area contributed by atoms with Gasteiger partial charge < -0.3 is 15.1 Å². The number of thiophene rings is 1. The maximum Gasteiger partial charge on any atom is 0.291 e. The van der Waals surface area contributed by atoms with Gasteiger partial charge in [-0.15, -0.1) is 11.3 Å². The number of anilines is 1. The first-order valence-electron chi connectivity index (χ1n) is 6.87. The molecule has 1 aliphatic rings. The molecule has 0 saturated heterocycles. The topological polar surface area (TPSA) is 71.3 Å². The molecule has 3 rings (SSSR count). The summed E-state index contributed by atoms with van der Waals surface area (Å²) < 4.78 is 5.04. The molecule has 0 atom stereocenters. The van der Waals surface area contributed by atoms with Crippen LogP contribution in [-0.2, 0) is 0 Å². The van der Waals surface area contributed by atoms with Crippen molar-refractivity contribution in [3.8, 4) is 0 Å². The third kappa shape index (κ3) is 3.33. The van der Waals surface area contributed by atoms with Crippen molar-refractivity contribution in [3.63, 3.8) is 0 Å². The molecule has 2 aromatic heterocycles. The lowest BCUT2D eigenvalue weighted by atomic mass is 10.2. The van der Waals surface area contributed by atoms with E-state index >= 15 is 0 Å². The lowest BCUT2D eigenvalue weighted by Gasteiger charge is -2.02. The van der Waals surface area contributed by atoms with Gasteiger partial charge in [-0.25, -0.2) is 0 Å². The molecule has 2 amide bonds. The summed E-state index contributed by atoms with van der Waals surface area (Å²) in [5.41, 5.74) is 0.864. The van der Waals surface area contributed by atoms with Gasteiger partial charge in [0.05, 0.1) is 16.1 Å². The summed E-state index contributed by atoms with van der Waals surface area (Å²) >= 11 is 1.28. The van der Waals surface area contributed by atoms with Crippen LogP contribution in [0.15, 0.2) is 28.9 Å². The molecule has 0 aliphatic heterocycles. The smallest absolute Gasteiger partial charge is 0.291 e. The van der Waals surface area contributed by atoms with Crippen molar-refractivity contribution in [2.24, 2.45) is 5.92 Å². The molecular formula is C15H16N2O3S. The highest BCUT2D eigenvalue weighted by Crippen LogP contribution is 2.29. The van der Waals surface area contributed by atoms with E-state index in [0.29, 0.717) is 15.8 Å². The molecule has 0 spiro atoms. The summed E-state index contributed by atoms with van der Waals surface area (Å²) in [6.45, 7) is 2.61. The van der Waals surface area contributed by atoms with E-state index < -0.39 is 0 Å². The molecule has 2 heterocycles. The minimum Gasteiger partial charge on any atom is -0.459 e. The van der Waals surface area contributed by atoms with Gasteiger partial charge in [0, 0.05) is 6.54 Å². The number of amides is 2. The van der Waals surface area contributed by atoms with Gasteiger partial charge >= 0.3 is 0 Å². The SMILES string of the molecule is Cc1cc(NC(=O)c2ccco2)sc1C(=O)NCC1CC1. The van der Waals surface area contributed by atoms with Gasteiger partial charge in [-0.2, -0.15) is 0 Å². The summed E-state index contributed by atoms with van der Waals surface area (Å²) in [6.07, 6.45) is 3.85. The van der Waals surface area contributed by atoms with Gasteiger partial charge in [0.2, 0.25) is 0 Å². The van der Waals surface area contributed by atoms with Crippen molar-refractivity contribution in [3.05, 3.63) is 40.7 Å². The molecule has 21 heavy (non-hydrogen) atoms. The number of hydrogen-bond acceptors (Lipinski definition) is 4. The van der Waals surface area contributed by atoms with Crippen molar-refractivity contribution in [2.75, 3.05) is 11.9 Å². The average molecular weight is 304 g/mol. The predicted molar refractivity (Wildman–Crippen MR) is 80.8 cm³/mol. The normalized spacial score (nSPS) is 14.0. The Morgan fingerprint density at radius 1 is 1.38 bits per heavy atom. The number of rotatable bonds is 5. The minimum absolute atomic E-state index is 0.0668. The summed E-state index contributed by atoms with van der Waals surface area (Å²) in [4.78, 5) is 24.6. The zero-order chi connectivity index (χ0) is 14.8. The zero-order valence-corrected chi connectivity index (χ0v) is 12.5. The fraction of sp³-hybridized carbons (Fsp3) is 0.333. The Morgan fingerprint density at radius 2 is 2.19 bits per heavy atom. The quantitative estimate of drug-likeness (QED) is 0.892. The number of hydrogen-bond donors (Lipinski definition) is 2. The van der Waals surface area contributed by atoms with Gasteiger partial charge in [-0.1, -0.05) is 0 Å². The molecule has 110 valence electrons. The number of nitrogens with one attached hydrogen (secondary N) is 2. The van der Waals surface area contributed by atoms with Gasteiger partial charge in [0.15, 0.2) is 5.76 Å². The number of carbonyl (C=O) groups excluding carboxylic acids is 2. The Hall–Kier alpha value is -2.08. The van der Waals surface area contributed by atoms with E-state index in [-0.39, 0.29) is 17.6 Å². The van der Waals surface area contributed by atoms with Crippen molar-refractivity contribution < 1.29 is 14.0 Å². The molecule has 1 saturated carbocycles. The second kappa shape index (κ2) is 5.73. The van der Waals surface area contributed by atoms with Crippen LogP contribution in [-0.4, -0.2) is 18.4 Å². The first kappa shape index (κ1) is 13.9. The first-order chi connectivity index (χ1) is 10.1. The van der Waals surface area contributed by atoms with E-state index in [1.165, 1.54) is 30.4 Å². The third-order valence-corrected chi connectivity index (χ3v) is 4.51. The van der Waals surface area contributed by atoms with Gasteiger partial charge in [0.25, 0.3) is 11.8 Å². The van der Waals surface area contributed by atoms with Crippen molar-refractivity contribution in [1.82, 2.24) is 5.32 Å². The zero-order valence-electron chi connectivity index (χ0n) is 11.6. The maximum absolute atomic E-state index is 12.1. The van der Waals surface area contributed by atoms with Crippen LogP contribution >= 0.6 is 11.3 Å². The summed E-state index contributed by atoms with van der Waals surface area (Å²) in [6, 6.07) is 5.06. The van der Waals surface area contributed by atoms with E-state index in [2.05, 4.69) is 10.6 Å². The Balaban J connectivity index is 1.65. The third-order valence-electron chi connectivity index (χ3n) is 3.35. The molecule has 0 radical (unpaired) electrons. The summed E-state index contributed by atoms with van der Waals surface area (Å²) in [5, 5.41) is 6.32. The van der Waals surface area contributed by atoms with Crippen LogP contribution < -0.4 is 10.6 Å². The predicted octanol–water partition coefficient (Wildman–Crippen LogP) is 3.04. The minimum atomic E-state index is -0.314. The van der Waals surface area contributed by atoms with Crippen LogP contribution in [0.25, 0.3) is 0 Å². The van der Waals surface area contributed by atoms with Gasteiger partial charge in [-0.3, -0.25) is 9.59 Å². The lowest BCUT2D eigenvalue weighted by Crippen LogP contribution is -2.25. The molecule has 2 N–H and O–H groups in total. The van der Waals surface area contributed by atoms with Crippen LogP contribution in [0.4, 0.5) is 5.00 Å². The summed E-state index contributed by atoms with van der Waals surface area (Å²) in [7, 11) is 0. The molecule has 0 bridgehead atoms. The van der Waals surface area contributed by atoms with Gasteiger partial charge in [0.1, 0.15) is 0 Å². The number of aryl methyl sites for hydroxylation is 1. The van der Waals surface area contributed by atoms with Crippen molar-refractivity contribution in [2.45, 2.75) is 19.8 Å².